The number of alkyl halides is 2. The smallest absolute Gasteiger partial charge is 0.387 e. The summed E-state index contributed by atoms with van der Waals surface area (Å²) in [4.78, 5) is 37.9. The molecule has 1 heterocycles. The van der Waals surface area contributed by atoms with Crippen LogP contribution in [-0.2, 0) is 16.1 Å². The number of anilines is 1. The normalized spacial score (nSPS) is 11.9. The second kappa shape index (κ2) is 9.99. The zero-order chi connectivity index (χ0) is 23.3. The van der Waals surface area contributed by atoms with Crippen molar-refractivity contribution in [1.82, 2.24) is 9.78 Å². The number of aryl methyl sites for hydroxylation is 1. The van der Waals surface area contributed by atoms with Crippen LogP contribution < -0.4 is 15.6 Å². The number of rotatable bonds is 8. The van der Waals surface area contributed by atoms with Crippen molar-refractivity contribution in [3.63, 3.8) is 0 Å². The Morgan fingerprint density at radius 2 is 1.75 bits per heavy atom. The minimum atomic E-state index is -3.07. The molecule has 10 heteroatoms. The molecule has 0 aliphatic rings. The summed E-state index contributed by atoms with van der Waals surface area (Å²) in [6.07, 6.45) is -0.659. The van der Waals surface area contributed by atoms with Gasteiger partial charge in [0.15, 0.2) is 11.8 Å². The Morgan fingerprint density at radius 3 is 2.44 bits per heavy atom. The summed E-state index contributed by atoms with van der Waals surface area (Å²) in [6, 6.07) is 12.1. The fraction of sp³-hybridized carbons (Fsp3) is 0.273. The van der Waals surface area contributed by atoms with Gasteiger partial charge in [0.1, 0.15) is 5.75 Å². The van der Waals surface area contributed by atoms with E-state index in [1.54, 1.807) is 24.3 Å². The number of nitrogens with zero attached hydrogens (tertiary/aromatic N) is 2. The van der Waals surface area contributed by atoms with Crippen molar-refractivity contribution in [2.24, 2.45) is 0 Å². The lowest BCUT2D eigenvalue weighted by Crippen LogP contribution is -2.32. The van der Waals surface area contributed by atoms with Crippen LogP contribution >= 0.6 is 0 Å². The lowest BCUT2D eigenvalue weighted by molar-refractivity contribution is -0.123. The van der Waals surface area contributed by atoms with Gasteiger partial charge < -0.3 is 14.8 Å². The van der Waals surface area contributed by atoms with Crippen LogP contribution in [0, 0.1) is 0 Å². The molecule has 2 aromatic carbocycles. The zero-order valence-corrected chi connectivity index (χ0v) is 17.4. The first kappa shape index (κ1) is 22.9. The molecule has 0 spiro atoms. The number of benzene rings is 2. The molecule has 3 aromatic rings. The number of ether oxygens (including phenoxy) is 2. The molecule has 0 saturated heterocycles. The van der Waals surface area contributed by atoms with E-state index in [0.29, 0.717) is 23.7 Å². The van der Waals surface area contributed by atoms with Crippen molar-refractivity contribution in [1.29, 1.82) is 0 Å². The van der Waals surface area contributed by atoms with Crippen LogP contribution in [0.1, 0.15) is 30.8 Å². The van der Waals surface area contributed by atoms with E-state index in [9.17, 15) is 23.2 Å². The first-order valence-electron chi connectivity index (χ1n) is 9.87. The molecule has 8 nitrogen and oxygen atoms in total. The van der Waals surface area contributed by atoms with Gasteiger partial charge in [-0.15, -0.1) is 0 Å². The molecule has 32 heavy (non-hydrogen) atoms. The van der Waals surface area contributed by atoms with Crippen LogP contribution in [0.2, 0.25) is 0 Å². The average molecular weight is 445 g/mol. The van der Waals surface area contributed by atoms with Crippen molar-refractivity contribution in [3.8, 4) is 5.75 Å². The van der Waals surface area contributed by atoms with E-state index in [1.165, 1.54) is 35.9 Å². The van der Waals surface area contributed by atoms with E-state index in [4.69, 9.17) is 4.74 Å². The van der Waals surface area contributed by atoms with Crippen molar-refractivity contribution in [2.45, 2.75) is 39.5 Å². The van der Waals surface area contributed by atoms with Crippen LogP contribution in [0.15, 0.2) is 53.3 Å². The molecule has 0 saturated carbocycles. The highest BCUT2D eigenvalue weighted by atomic mass is 19.3. The summed E-state index contributed by atoms with van der Waals surface area (Å²) >= 11 is 0. The van der Waals surface area contributed by atoms with Crippen LogP contribution in [0.3, 0.4) is 0 Å². The predicted octanol–water partition coefficient (Wildman–Crippen LogP) is 3.59. The van der Waals surface area contributed by atoms with Gasteiger partial charge >= 0.3 is 12.6 Å². The van der Waals surface area contributed by atoms with Crippen LogP contribution in [0.25, 0.3) is 10.8 Å². The Balaban J connectivity index is 1.82. The number of esters is 1. The van der Waals surface area contributed by atoms with Gasteiger partial charge in [-0.3, -0.25) is 9.59 Å². The molecule has 0 aliphatic heterocycles. The fourth-order valence-electron chi connectivity index (χ4n) is 3.02. The van der Waals surface area contributed by atoms with Crippen molar-refractivity contribution in [3.05, 3.63) is 64.6 Å². The zero-order valence-electron chi connectivity index (χ0n) is 17.4. The van der Waals surface area contributed by atoms with E-state index in [0.717, 1.165) is 0 Å². The van der Waals surface area contributed by atoms with Crippen molar-refractivity contribution < 1.29 is 27.8 Å². The van der Waals surface area contributed by atoms with Gasteiger partial charge in [-0.25, -0.2) is 9.48 Å². The topological polar surface area (TPSA) is 99.5 Å². The molecule has 0 fully saturated rings. The Hall–Kier alpha value is -3.82. The van der Waals surface area contributed by atoms with E-state index in [1.807, 2.05) is 6.92 Å². The number of para-hydroxylation sites is 2. The standard InChI is InChI=1S/C22H21F2N3O5/c1-3-12-27-20(29)15-9-5-4-8-14(15)18(26-27)21(30)31-13(2)19(28)25-16-10-6-7-11-17(16)32-22(23)24/h4-11,13,22H,3,12H2,1-2H3,(H,25,28). The Morgan fingerprint density at radius 1 is 1.09 bits per heavy atom. The fourth-order valence-corrected chi connectivity index (χ4v) is 3.02. The monoisotopic (exact) mass is 445 g/mol. The molecule has 1 N–H and O–H groups in total. The summed E-state index contributed by atoms with van der Waals surface area (Å²) < 4.78 is 35.9. The van der Waals surface area contributed by atoms with Crippen LogP contribution in [0.5, 0.6) is 5.75 Å². The first-order chi connectivity index (χ1) is 15.3. The predicted molar refractivity (Wildman–Crippen MR) is 113 cm³/mol. The van der Waals surface area contributed by atoms with Gasteiger partial charge in [0, 0.05) is 11.9 Å². The van der Waals surface area contributed by atoms with Crippen molar-refractivity contribution in [2.75, 3.05) is 5.32 Å². The SMILES string of the molecule is CCCn1nc(C(=O)OC(C)C(=O)Nc2ccccc2OC(F)F)c2ccccc2c1=O. The molecule has 168 valence electrons. The van der Waals surface area contributed by atoms with Gasteiger partial charge in [-0.2, -0.15) is 13.9 Å². The molecule has 1 amide bonds. The largest absolute Gasteiger partial charge is 0.448 e. The van der Waals surface area contributed by atoms with Gasteiger partial charge in [0.2, 0.25) is 0 Å². The van der Waals surface area contributed by atoms with E-state index in [-0.39, 0.29) is 22.7 Å². The summed E-state index contributed by atoms with van der Waals surface area (Å²) in [5.41, 5.74) is -0.434. The molecule has 3 rings (SSSR count). The van der Waals surface area contributed by atoms with Gasteiger partial charge in [0.25, 0.3) is 11.5 Å². The first-order valence-corrected chi connectivity index (χ1v) is 9.87. The van der Waals surface area contributed by atoms with Gasteiger partial charge in [0.05, 0.1) is 11.1 Å². The van der Waals surface area contributed by atoms with E-state index < -0.39 is 24.6 Å². The molecule has 1 atom stereocenters. The highest BCUT2D eigenvalue weighted by Gasteiger charge is 2.24. The minimum absolute atomic E-state index is 0.000712. The second-order valence-electron chi connectivity index (χ2n) is 6.83. The lowest BCUT2D eigenvalue weighted by Gasteiger charge is -2.16. The number of carbonyl (C=O) groups is 2. The minimum Gasteiger partial charge on any atom is -0.448 e. The maximum atomic E-state index is 12.8. The van der Waals surface area contributed by atoms with Crippen LogP contribution in [-0.4, -0.2) is 34.4 Å². The number of carbonyl (C=O) groups excluding carboxylic acids is 2. The van der Waals surface area contributed by atoms with Crippen LogP contribution in [0.4, 0.5) is 14.5 Å². The summed E-state index contributed by atoms with van der Waals surface area (Å²) in [5, 5.41) is 7.14. The molecule has 0 bridgehead atoms. The van der Waals surface area contributed by atoms with Gasteiger partial charge in [-0.1, -0.05) is 37.3 Å². The summed E-state index contributed by atoms with van der Waals surface area (Å²) in [5.74, 6) is -1.88. The lowest BCUT2D eigenvalue weighted by atomic mass is 10.1. The quantitative estimate of drug-likeness (QED) is 0.532. The maximum absolute atomic E-state index is 12.8. The Bertz CT molecular complexity index is 1200. The highest BCUT2D eigenvalue weighted by molar-refractivity contribution is 6.04. The van der Waals surface area contributed by atoms with Gasteiger partial charge in [-0.05, 0) is 31.5 Å². The maximum Gasteiger partial charge on any atom is 0.387 e. The average Bonchev–Trinajstić information content (AvgIpc) is 2.76. The second-order valence-corrected chi connectivity index (χ2v) is 6.83. The number of hydrogen-bond donors (Lipinski definition) is 1. The molecular weight excluding hydrogens is 424 g/mol. The molecular formula is C22H21F2N3O5. The Labute approximate surface area is 181 Å². The molecule has 1 unspecified atom stereocenters. The highest BCUT2D eigenvalue weighted by Crippen LogP contribution is 2.26. The molecule has 1 aromatic heterocycles. The molecule has 0 aliphatic carbocycles. The third-order valence-corrected chi connectivity index (χ3v) is 4.51. The summed E-state index contributed by atoms with van der Waals surface area (Å²) in [6.45, 7) is 0.430. The number of nitrogens with one attached hydrogen (secondary N) is 1. The third-order valence-electron chi connectivity index (χ3n) is 4.51. The number of amides is 1. The van der Waals surface area contributed by atoms with E-state index >= 15 is 0 Å². The number of halogens is 2. The third kappa shape index (κ3) is 5.08. The van der Waals surface area contributed by atoms with E-state index in [2.05, 4.69) is 15.2 Å². The molecule has 0 radical (unpaired) electrons. The summed E-state index contributed by atoms with van der Waals surface area (Å²) in [7, 11) is 0. The Kier molecular flexibility index (Phi) is 7.14. The number of fused-ring (bicyclic) bond motifs is 1. The number of aromatic nitrogens is 2. The van der Waals surface area contributed by atoms with Crippen molar-refractivity contribution >= 4 is 28.3 Å². The number of hydrogen-bond acceptors (Lipinski definition) is 6.